The molecule has 1 unspecified atom stereocenters. The van der Waals surface area contributed by atoms with E-state index >= 15 is 0 Å². The van der Waals surface area contributed by atoms with Gasteiger partial charge in [-0.25, -0.2) is 9.78 Å². The molecule has 1 saturated heterocycles. The largest absolute Gasteiger partial charge is 0.367 e. The number of fused-ring (bicyclic) bond motifs is 1. The van der Waals surface area contributed by atoms with Gasteiger partial charge in [-0.1, -0.05) is 18.2 Å². The molecule has 1 aliphatic rings. The molecule has 4 aromatic rings. The van der Waals surface area contributed by atoms with Crippen molar-refractivity contribution >= 4 is 27.5 Å². The monoisotopic (exact) mass is 492 g/mol. The molecule has 0 amide bonds. The lowest BCUT2D eigenvalue weighted by Gasteiger charge is -2.36. The number of aromatic amines is 2. The van der Waals surface area contributed by atoms with Gasteiger partial charge in [0.25, 0.3) is 5.56 Å². The molecule has 2 aromatic heterocycles. The molecule has 0 saturated carbocycles. The zero-order valence-corrected chi connectivity index (χ0v) is 20.6. The molecule has 2 N–H and O–H groups in total. The number of hydrogen-bond donors (Lipinski definition) is 2. The first-order chi connectivity index (χ1) is 16.9. The zero-order valence-electron chi connectivity index (χ0n) is 19.8. The van der Waals surface area contributed by atoms with E-state index in [0.29, 0.717) is 18.7 Å². The van der Waals surface area contributed by atoms with Crippen LogP contribution in [0.5, 0.6) is 0 Å². The number of piperazine rings is 1. The average molecular weight is 493 g/mol. The summed E-state index contributed by atoms with van der Waals surface area (Å²) in [5.41, 5.74) is 3.85. The third kappa shape index (κ3) is 4.71. The van der Waals surface area contributed by atoms with E-state index < -0.39 is 10.8 Å². The maximum absolute atomic E-state index is 12.3. The van der Waals surface area contributed by atoms with E-state index in [1.807, 2.05) is 43.3 Å². The van der Waals surface area contributed by atoms with Crippen molar-refractivity contribution in [2.45, 2.75) is 24.9 Å². The van der Waals surface area contributed by atoms with Gasteiger partial charge >= 0.3 is 5.69 Å². The number of aryl methyl sites for hydroxylation is 1. The summed E-state index contributed by atoms with van der Waals surface area (Å²) in [5, 5.41) is 0. The van der Waals surface area contributed by atoms with E-state index in [2.05, 4.69) is 25.8 Å². The quantitative estimate of drug-likeness (QED) is 0.427. The summed E-state index contributed by atoms with van der Waals surface area (Å²) in [6.45, 7) is 6.13. The number of para-hydroxylation sites is 1. The Morgan fingerprint density at radius 1 is 1.00 bits per heavy atom. The maximum Gasteiger partial charge on any atom is 0.328 e. The second kappa shape index (κ2) is 9.63. The Morgan fingerprint density at radius 3 is 2.43 bits per heavy atom. The van der Waals surface area contributed by atoms with Gasteiger partial charge in [0.05, 0.1) is 11.2 Å². The Bertz CT molecular complexity index is 1500. The highest BCUT2D eigenvalue weighted by Crippen LogP contribution is 2.29. The third-order valence-electron chi connectivity index (χ3n) is 6.48. The summed E-state index contributed by atoms with van der Waals surface area (Å²) in [6, 6.07) is 13.8. The van der Waals surface area contributed by atoms with Gasteiger partial charge in [0.2, 0.25) is 0 Å². The van der Waals surface area contributed by atoms with Crippen LogP contribution in [0.1, 0.15) is 12.5 Å². The van der Waals surface area contributed by atoms with Gasteiger partial charge < -0.3 is 14.5 Å². The Kier molecular flexibility index (Phi) is 6.40. The predicted octanol–water partition coefficient (Wildman–Crippen LogP) is 2.16. The highest BCUT2D eigenvalue weighted by Gasteiger charge is 2.21. The van der Waals surface area contributed by atoms with Gasteiger partial charge in [0, 0.05) is 78.5 Å². The summed E-state index contributed by atoms with van der Waals surface area (Å²) < 4.78 is 13.2. The number of anilines is 1. The first kappa shape index (κ1) is 23.3. The van der Waals surface area contributed by atoms with Crippen LogP contribution < -0.4 is 16.1 Å². The van der Waals surface area contributed by atoms with Crippen LogP contribution in [0, 0.1) is 0 Å². The fraction of sp³-hybridized carbons (Fsp3) is 0.320. The zero-order chi connectivity index (χ0) is 24.5. The van der Waals surface area contributed by atoms with Crippen LogP contribution in [0.4, 0.5) is 5.69 Å². The second-order valence-electron chi connectivity index (χ2n) is 8.70. The minimum Gasteiger partial charge on any atom is -0.367 e. The third-order valence-corrected chi connectivity index (χ3v) is 7.42. The van der Waals surface area contributed by atoms with Crippen LogP contribution in [-0.2, 0) is 23.9 Å². The number of rotatable bonds is 6. The molecule has 35 heavy (non-hydrogen) atoms. The minimum absolute atomic E-state index is 0.311. The van der Waals surface area contributed by atoms with Crippen LogP contribution in [-0.4, -0.2) is 61.1 Å². The molecule has 182 valence electrons. The number of hydrogen-bond acceptors (Lipinski definition) is 6. The molecule has 0 spiro atoms. The van der Waals surface area contributed by atoms with E-state index in [1.165, 1.54) is 4.57 Å². The maximum atomic E-state index is 12.3. The molecule has 3 heterocycles. The highest BCUT2D eigenvalue weighted by molar-refractivity contribution is 7.84. The molecule has 1 aliphatic heterocycles. The van der Waals surface area contributed by atoms with Crippen molar-refractivity contribution in [2.75, 3.05) is 37.3 Å². The van der Waals surface area contributed by atoms with Crippen LogP contribution in [0.25, 0.3) is 22.4 Å². The lowest BCUT2D eigenvalue weighted by Crippen LogP contribution is -2.47. The molecule has 10 heteroatoms. The van der Waals surface area contributed by atoms with Crippen molar-refractivity contribution in [1.82, 2.24) is 24.4 Å². The van der Waals surface area contributed by atoms with E-state index in [1.54, 1.807) is 12.5 Å². The first-order valence-electron chi connectivity index (χ1n) is 11.7. The Morgan fingerprint density at radius 2 is 1.74 bits per heavy atom. The van der Waals surface area contributed by atoms with Gasteiger partial charge in [-0.2, -0.15) is 0 Å². The Hall–Kier alpha value is -3.50. The van der Waals surface area contributed by atoms with Crippen LogP contribution in [0.2, 0.25) is 0 Å². The number of benzene rings is 2. The molecule has 0 bridgehead atoms. The summed E-state index contributed by atoms with van der Waals surface area (Å²) in [6.07, 6.45) is 3.34. The number of nitrogens with one attached hydrogen (secondary N) is 2. The predicted molar refractivity (Wildman–Crippen MR) is 138 cm³/mol. The molecular formula is C25H28N6O3S. The van der Waals surface area contributed by atoms with Crippen LogP contribution >= 0.6 is 0 Å². The number of aromatic nitrogens is 4. The van der Waals surface area contributed by atoms with E-state index in [0.717, 1.165) is 59.2 Å². The molecule has 1 fully saturated rings. The van der Waals surface area contributed by atoms with Crippen molar-refractivity contribution in [2.24, 2.45) is 0 Å². The highest BCUT2D eigenvalue weighted by atomic mass is 32.2. The molecule has 9 nitrogen and oxygen atoms in total. The smallest absolute Gasteiger partial charge is 0.328 e. The normalized spacial score (nSPS) is 15.5. The topological polar surface area (TPSA) is 107 Å². The van der Waals surface area contributed by atoms with Crippen molar-refractivity contribution < 1.29 is 4.21 Å². The summed E-state index contributed by atoms with van der Waals surface area (Å²) >= 11 is 0. The van der Waals surface area contributed by atoms with Gasteiger partial charge in [-0.05, 0) is 31.2 Å². The van der Waals surface area contributed by atoms with Crippen molar-refractivity contribution in [3.63, 3.8) is 0 Å². The first-order valence-corrected chi connectivity index (χ1v) is 13.2. The number of nitrogens with zero attached hydrogens (tertiary/aromatic N) is 4. The van der Waals surface area contributed by atoms with Gasteiger partial charge in [0.15, 0.2) is 0 Å². The fourth-order valence-electron chi connectivity index (χ4n) is 4.50. The van der Waals surface area contributed by atoms with Crippen molar-refractivity contribution in [1.29, 1.82) is 0 Å². The SMILES string of the molecule is CCn1cc(CN2CCN(c3cccc4[nH]c(-c5ccc(S(C)=O)cc5)nc34)CC2)c(=O)[nH]c1=O. The average Bonchev–Trinajstić information content (AvgIpc) is 3.31. The van der Waals surface area contributed by atoms with Gasteiger partial charge in [0.1, 0.15) is 11.3 Å². The van der Waals surface area contributed by atoms with E-state index in [4.69, 9.17) is 4.98 Å². The summed E-state index contributed by atoms with van der Waals surface area (Å²) in [4.78, 5) is 40.1. The lowest BCUT2D eigenvalue weighted by atomic mass is 10.2. The number of imidazole rings is 1. The molecule has 0 radical (unpaired) electrons. The lowest BCUT2D eigenvalue weighted by molar-refractivity contribution is 0.248. The molecule has 2 aromatic carbocycles. The fourth-order valence-corrected chi connectivity index (χ4v) is 5.02. The standard InChI is InChI=1S/C25H28N6O3S/c1-3-30-16-18(24(32)28-25(30)33)15-29-11-13-31(14-12-29)21-6-4-5-20-22(21)27-23(26-20)17-7-9-19(10-8-17)35(2)34/h4-10,16H,3,11-15H2,1-2H3,(H,26,27)(H,28,32,33). The summed E-state index contributed by atoms with van der Waals surface area (Å²) in [5.74, 6) is 0.782. The second-order valence-corrected chi connectivity index (χ2v) is 10.1. The van der Waals surface area contributed by atoms with E-state index in [-0.39, 0.29) is 11.2 Å². The number of H-pyrrole nitrogens is 2. The van der Waals surface area contributed by atoms with Crippen LogP contribution in [0.15, 0.2) is 63.1 Å². The Labute approximate surface area is 204 Å². The molecule has 1 atom stereocenters. The minimum atomic E-state index is -1.01. The van der Waals surface area contributed by atoms with Gasteiger partial charge in [-0.3, -0.25) is 18.9 Å². The van der Waals surface area contributed by atoms with Crippen molar-refractivity contribution in [3.8, 4) is 11.4 Å². The molecule has 5 rings (SSSR count). The molecule has 0 aliphatic carbocycles. The molecular weight excluding hydrogens is 464 g/mol. The van der Waals surface area contributed by atoms with Gasteiger partial charge in [-0.15, -0.1) is 0 Å². The van der Waals surface area contributed by atoms with E-state index in [9.17, 15) is 13.8 Å². The van der Waals surface area contributed by atoms with Crippen molar-refractivity contribution in [3.05, 3.63) is 75.1 Å². The summed E-state index contributed by atoms with van der Waals surface area (Å²) in [7, 11) is -1.01. The van der Waals surface area contributed by atoms with Crippen LogP contribution in [0.3, 0.4) is 0 Å². The Balaban J connectivity index is 1.33.